The minimum Gasteiger partial charge on any atom is -0.307 e. The van der Waals surface area contributed by atoms with Crippen LogP contribution >= 0.6 is 11.6 Å². The highest BCUT2D eigenvalue weighted by atomic mass is 35.5. The highest BCUT2D eigenvalue weighted by Gasteiger charge is 2.10. The molecule has 0 aliphatic carbocycles. The van der Waals surface area contributed by atoms with E-state index in [0.29, 0.717) is 6.04 Å². The van der Waals surface area contributed by atoms with Gasteiger partial charge in [0.1, 0.15) is 5.82 Å². The highest BCUT2D eigenvalue weighted by molar-refractivity contribution is 6.30. The summed E-state index contributed by atoms with van der Waals surface area (Å²) in [5.41, 5.74) is 2.34. The summed E-state index contributed by atoms with van der Waals surface area (Å²) in [7, 11) is 0. The van der Waals surface area contributed by atoms with Crippen LogP contribution < -0.4 is 5.32 Å². The molecule has 0 amide bonds. The van der Waals surface area contributed by atoms with Crippen molar-refractivity contribution < 1.29 is 4.39 Å². The summed E-state index contributed by atoms with van der Waals surface area (Å²) in [5, 5.41) is 4.28. The van der Waals surface area contributed by atoms with Gasteiger partial charge in [-0.2, -0.15) is 0 Å². The number of hydrogen-bond donors (Lipinski definition) is 1. The van der Waals surface area contributed by atoms with Gasteiger partial charge < -0.3 is 5.32 Å². The molecule has 0 fully saturated rings. The van der Waals surface area contributed by atoms with Gasteiger partial charge in [-0.25, -0.2) is 4.39 Å². The summed E-state index contributed by atoms with van der Waals surface area (Å²) in [6.07, 6.45) is 0.933. The fraction of sp³-hybridized carbons (Fsp3) is 0.294. The second-order valence-electron chi connectivity index (χ2n) is 5.17. The lowest BCUT2D eigenvalue weighted by atomic mass is 10.0. The van der Waals surface area contributed by atoms with E-state index in [1.54, 1.807) is 0 Å². The van der Waals surface area contributed by atoms with Crippen LogP contribution in [0, 0.1) is 5.82 Å². The third-order valence-corrected chi connectivity index (χ3v) is 3.61. The molecule has 106 valence electrons. The molecule has 2 aromatic carbocycles. The Labute approximate surface area is 124 Å². The van der Waals surface area contributed by atoms with E-state index in [1.807, 2.05) is 36.4 Å². The third-order valence-electron chi connectivity index (χ3n) is 3.36. The Morgan fingerprint density at radius 1 is 1.00 bits per heavy atom. The van der Waals surface area contributed by atoms with E-state index in [9.17, 15) is 4.39 Å². The average molecular weight is 292 g/mol. The first kappa shape index (κ1) is 15.0. The smallest absolute Gasteiger partial charge is 0.123 e. The van der Waals surface area contributed by atoms with Crippen LogP contribution in [0.5, 0.6) is 0 Å². The van der Waals surface area contributed by atoms with Crippen molar-refractivity contribution in [2.45, 2.75) is 32.4 Å². The van der Waals surface area contributed by atoms with Crippen molar-refractivity contribution in [3.8, 4) is 0 Å². The summed E-state index contributed by atoms with van der Waals surface area (Å²) in [4.78, 5) is 0. The molecule has 0 bridgehead atoms. The molecule has 0 aliphatic heterocycles. The van der Waals surface area contributed by atoms with Crippen LogP contribution in [-0.2, 0) is 6.42 Å². The molecule has 1 N–H and O–H groups in total. The quantitative estimate of drug-likeness (QED) is 0.837. The van der Waals surface area contributed by atoms with E-state index >= 15 is 0 Å². The van der Waals surface area contributed by atoms with Gasteiger partial charge in [-0.15, -0.1) is 0 Å². The van der Waals surface area contributed by atoms with Crippen molar-refractivity contribution in [3.05, 3.63) is 70.5 Å². The minimum atomic E-state index is -0.199. The summed E-state index contributed by atoms with van der Waals surface area (Å²) >= 11 is 5.88. The lowest BCUT2D eigenvalue weighted by Crippen LogP contribution is -2.30. The topological polar surface area (TPSA) is 12.0 Å². The monoisotopic (exact) mass is 291 g/mol. The molecule has 2 aromatic rings. The zero-order valence-electron chi connectivity index (χ0n) is 11.7. The van der Waals surface area contributed by atoms with E-state index in [4.69, 9.17) is 11.6 Å². The Morgan fingerprint density at radius 2 is 1.60 bits per heavy atom. The molecule has 0 radical (unpaired) electrons. The van der Waals surface area contributed by atoms with Crippen LogP contribution in [0.3, 0.4) is 0 Å². The van der Waals surface area contributed by atoms with Crippen LogP contribution in [0.15, 0.2) is 48.5 Å². The van der Waals surface area contributed by atoms with Crippen LogP contribution in [0.2, 0.25) is 5.02 Å². The fourth-order valence-corrected chi connectivity index (χ4v) is 2.43. The number of benzene rings is 2. The maximum atomic E-state index is 12.9. The fourth-order valence-electron chi connectivity index (χ4n) is 2.31. The second kappa shape index (κ2) is 6.87. The van der Waals surface area contributed by atoms with Crippen molar-refractivity contribution in [1.82, 2.24) is 5.32 Å². The van der Waals surface area contributed by atoms with Gasteiger partial charge in [0.25, 0.3) is 0 Å². The average Bonchev–Trinajstić information content (AvgIpc) is 2.42. The van der Waals surface area contributed by atoms with E-state index in [1.165, 1.54) is 17.7 Å². The maximum Gasteiger partial charge on any atom is 0.123 e. The van der Waals surface area contributed by atoms with E-state index in [-0.39, 0.29) is 11.9 Å². The van der Waals surface area contributed by atoms with Crippen molar-refractivity contribution in [1.29, 1.82) is 0 Å². The molecule has 0 aliphatic rings. The first-order valence-electron chi connectivity index (χ1n) is 6.80. The normalized spacial score (nSPS) is 14.0. The molecule has 20 heavy (non-hydrogen) atoms. The molecule has 3 heteroatoms. The van der Waals surface area contributed by atoms with Gasteiger partial charge in [0.15, 0.2) is 0 Å². The van der Waals surface area contributed by atoms with Crippen molar-refractivity contribution >= 4 is 11.6 Å². The second-order valence-corrected chi connectivity index (χ2v) is 5.61. The van der Waals surface area contributed by atoms with Crippen LogP contribution in [-0.4, -0.2) is 6.04 Å². The molecule has 1 unspecified atom stereocenters. The van der Waals surface area contributed by atoms with Gasteiger partial charge in [-0.3, -0.25) is 0 Å². The predicted molar refractivity (Wildman–Crippen MR) is 82.6 cm³/mol. The molecule has 0 saturated carbocycles. The van der Waals surface area contributed by atoms with Gasteiger partial charge in [0, 0.05) is 17.1 Å². The van der Waals surface area contributed by atoms with Crippen molar-refractivity contribution in [2.75, 3.05) is 0 Å². The first-order chi connectivity index (χ1) is 9.54. The molecule has 2 rings (SSSR count). The Hall–Kier alpha value is -1.38. The van der Waals surface area contributed by atoms with Gasteiger partial charge in [0.2, 0.25) is 0 Å². The summed E-state index contributed by atoms with van der Waals surface area (Å²) in [6, 6.07) is 15.1. The van der Waals surface area contributed by atoms with Crippen molar-refractivity contribution in [3.63, 3.8) is 0 Å². The molecular formula is C17H19ClFN. The Morgan fingerprint density at radius 3 is 2.20 bits per heavy atom. The maximum absolute atomic E-state index is 12.9. The van der Waals surface area contributed by atoms with Gasteiger partial charge in [0.05, 0.1) is 0 Å². The first-order valence-corrected chi connectivity index (χ1v) is 7.18. The van der Waals surface area contributed by atoms with Crippen LogP contribution in [0.1, 0.15) is 31.0 Å². The Balaban J connectivity index is 1.92. The Kier molecular flexibility index (Phi) is 5.16. The molecule has 0 saturated heterocycles. The molecule has 0 spiro atoms. The molecule has 0 aromatic heterocycles. The van der Waals surface area contributed by atoms with Crippen molar-refractivity contribution in [2.24, 2.45) is 0 Å². The van der Waals surface area contributed by atoms with Gasteiger partial charge in [-0.1, -0.05) is 35.9 Å². The van der Waals surface area contributed by atoms with Gasteiger partial charge in [-0.05, 0) is 55.7 Å². The number of nitrogens with one attached hydrogen (secondary N) is 1. The highest BCUT2D eigenvalue weighted by Crippen LogP contribution is 2.15. The number of halogens is 2. The molecule has 0 heterocycles. The third kappa shape index (κ3) is 4.32. The van der Waals surface area contributed by atoms with E-state index < -0.39 is 0 Å². The lowest BCUT2D eigenvalue weighted by Gasteiger charge is -2.20. The summed E-state index contributed by atoms with van der Waals surface area (Å²) in [5.74, 6) is -0.199. The predicted octanol–water partition coefficient (Wildman–Crippen LogP) is 4.76. The van der Waals surface area contributed by atoms with Gasteiger partial charge >= 0.3 is 0 Å². The molecule has 1 nitrogen and oxygen atoms in total. The summed E-state index contributed by atoms with van der Waals surface area (Å²) in [6.45, 7) is 4.24. The SMILES string of the molecule is CC(Cc1ccc(Cl)cc1)N[C@H](C)c1ccc(F)cc1. The lowest BCUT2D eigenvalue weighted by molar-refractivity contribution is 0.476. The number of rotatable bonds is 5. The van der Waals surface area contributed by atoms with E-state index in [0.717, 1.165) is 17.0 Å². The van der Waals surface area contributed by atoms with Crippen LogP contribution in [0.4, 0.5) is 4.39 Å². The Bertz CT molecular complexity index is 536. The number of hydrogen-bond acceptors (Lipinski definition) is 1. The molecule has 2 atom stereocenters. The largest absolute Gasteiger partial charge is 0.307 e. The standard InChI is InChI=1S/C17H19ClFN/c1-12(11-14-3-7-16(18)8-4-14)20-13(2)15-5-9-17(19)10-6-15/h3-10,12-13,20H,11H2,1-2H3/t12?,13-/m1/s1. The zero-order chi connectivity index (χ0) is 14.5. The van der Waals surface area contributed by atoms with Crippen LogP contribution in [0.25, 0.3) is 0 Å². The zero-order valence-corrected chi connectivity index (χ0v) is 12.5. The minimum absolute atomic E-state index is 0.193. The summed E-state index contributed by atoms with van der Waals surface area (Å²) < 4.78 is 12.9. The van der Waals surface area contributed by atoms with E-state index in [2.05, 4.69) is 19.2 Å². The molecular weight excluding hydrogens is 273 g/mol.